The van der Waals surface area contributed by atoms with Crippen molar-refractivity contribution in [2.75, 3.05) is 20.8 Å². The van der Waals surface area contributed by atoms with Gasteiger partial charge in [0, 0.05) is 13.3 Å². The van der Waals surface area contributed by atoms with E-state index in [2.05, 4.69) is 29.9 Å². The standard InChI is InChI=1S/C16H22N2O2/c1-12-9-14(20-13(12)2)10-18(3)16(11-19-4)15-7-5-6-8-17-15/h5-9,16H,10-11H2,1-4H3/t16-/m1/s1. The van der Waals surface area contributed by atoms with Crippen molar-refractivity contribution >= 4 is 0 Å². The first-order valence-corrected chi connectivity index (χ1v) is 6.78. The molecule has 0 aromatic carbocycles. The van der Waals surface area contributed by atoms with Crippen molar-refractivity contribution in [3.8, 4) is 0 Å². The van der Waals surface area contributed by atoms with Crippen LogP contribution in [0.5, 0.6) is 0 Å². The Morgan fingerprint density at radius 3 is 2.70 bits per heavy atom. The van der Waals surface area contributed by atoms with Gasteiger partial charge in [0.05, 0.1) is 24.9 Å². The smallest absolute Gasteiger partial charge is 0.118 e. The summed E-state index contributed by atoms with van der Waals surface area (Å²) in [5, 5.41) is 0. The molecule has 0 saturated carbocycles. The molecule has 0 saturated heterocycles. The Morgan fingerprint density at radius 2 is 2.15 bits per heavy atom. The van der Waals surface area contributed by atoms with Crippen LogP contribution in [0.1, 0.15) is 28.8 Å². The number of aromatic nitrogens is 1. The van der Waals surface area contributed by atoms with E-state index in [1.54, 1.807) is 7.11 Å². The molecular formula is C16H22N2O2. The number of likely N-dealkylation sites (N-methyl/N-ethyl adjacent to an activating group) is 1. The normalized spacial score (nSPS) is 12.8. The third-order valence-corrected chi connectivity index (χ3v) is 3.51. The maximum atomic E-state index is 5.75. The minimum atomic E-state index is 0.118. The Kier molecular flexibility index (Phi) is 4.93. The number of rotatable bonds is 6. The first-order valence-electron chi connectivity index (χ1n) is 6.78. The van der Waals surface area contributed by atoms with Crippen LogP contribution >= 0.6 is 0 Å². The lowest BCUT2D eigenvalue weighted by atomic mass is 10.1. The fourth-order valence-electron chi connectivity index (χ4n) is 2.25. The van der Waals surface area contributed by atoms with Crippen LogP contribution in [-0.4, -0.2) is 30.6 Å². The molecule has 0 aliphatic carbocycles. The molecule has 0 unspecified atom stereocenters. The van der Waals surface area contributed by atoms with E-state index in [0.29, 0.717) is 6.61 Å². The highest BCUT2D eigenvalue weighted by Gasteiger charge is 2.19. The summed E-state index contributed by atoms with van der Waals surface area (Å²) in [4.78, 5) is 6.63. The van der Waals surface area contributed by atoms with Crippen molar-refractivity contribution in [1.82, 2.24) is 9.88 Å². The first kappa shape index (κ1) is 14.8. The summed E-state index contributed by atoms with van der Waals surface area (Å²) in [6.07, 6.45) is 1.81. The van der Waals surface area contributed by atoms with Gasteiger partial charge in [-0.25, -0.2) is 0 Å². The summed E-state index contributed by atoms with van der Waals surface area (Å²) in [6, 6.07) is 8.16. The third kappa shape index (κ3) is 3.46. The zero-order chi connectivity index (χ0) is 14.5. The summed E-state index contributed by atoms with van der Waals surface area (Å²) in [6.45, 7) is 5.39. The van der Waals surface area contributed by atoms with Crippen LogP contribution in [0.3, 0.4) is 0 Å². The maximum absolute atomic E-state index is 5.75. The van der Waals surface area contributed by atoms with Gasteiger partial charge in [-0.2, -0.15) is 0 Å². The second-order valence-electron chi connectivity index (χ2n) is 5.09. The molecule has 2 aromatic heterocycles. The van der Waals surface area contributed by atoms with Gasteiger partial charge in [-0.05, 0) is 44.7 Å². The van der Waals surface area contributed by atoms with Gasteiger partial charge in [0.15, 0.2) is 0 Å². The quantitative estimate of drug-likeness (QED) is 0.811. The minimum absolute atomic E-state index is 0.118. The monoisotopic (exact) mass is 274 g/mol. The Balaban J connectivity index is 2.13. The molecular weight excluding hydrogens is 252 g/mol. The van der Waals surface area contributed by atoms with Crippen LogP contribution in [0.4, 0.5) is 0 Å². The molecule has 0 N–H and O–H groups in total. The van der Waals surface area contributed by atoms with Gasteiger partial charge < -0.3 is 9.15 Å². The molecule has 0 bridgehead atoms. The summed E-state index contributed by atoms with van der Waals surface area (Å²) in [5.74, 6) is 1.95. The first-order chi connectivity index (χ1) is 9.61. The second kappa shape index (κ2) is 6.68. The fourth-order valence-corrected chi connectivity index (χ4v) is 2.25. The van der Waals surface area contributed by atoms with E-state index in [-0.39, 0.29) is 6.04 Å². The van der Waals surface area contributed by atoms with Gasteiger partial charge in [0.2, 0.25) is 0 Å². The number of hydrogen-bond acceptors (Lipinski definition) is 4. The number of aryl methyl sites for hydroxylation is 2. The summed E-state index contributed by atoms with van der Waals surface area (Å²) in [7, 11) is 3.77. The highest BCUT2D eigenvalue weighted by atomic mass is 16.5. The fraction of sp³-hybridized carbons (Fsp3) is 0.438. The van der Waals surface area contributed by atoms with E-state index in [1.165, 1.54) is 5.56 Å². The van der Waals surface area contributed by atoms with E-state index in [1.807, 2.05) is 31.3 Å². The molecule has 0 aliphatic heterocycles. The zero-order valence-corrected chi connectivity index (χ0v) is 12.6. The summed E-state index contributed by atoms with van der Waals surface area (Å²) >= 11 is 0. The van der Waals surface area contributed by atoms with Crippen molar-refractivity contribution < 1.29 is 9.15 Å². The van der Waals surface area contributed by atoms with Crippen LogP contribution in [0, 0.1) is 13.8 Å². The van der Waals surface area contributed by atoms with Gasteiger partial charge in [-0.3, -0.25) is 9.88 Å². The summed E-state index contributed by atoms with van der Waals surface area (Å²) in [5.41, 5.74) is 2.20. The number of nitrogens with zero attached hydrogens (tertiary/aromatic N) is 2. The predicted molar refractivity (Wildman–Crippen MR) is 78.5 cm³/mol. The Labute approximate surface area is 120 Å². The van der Waals surface area contributed by atoms with Gasteiger partial charge in [-0.15, -0.1) is 0 Å². The minimum Gasteiger partial charge on any atom is -0.465 e. The van der Waals surface area contributed by atoms with Gasteiger partial charge in [0.1, 0.15) is 11.5 Å². The van der Waals surface area contributed by atoms with Crippen LogP contribution in [0.25, 0.3) is 0 Å². The lowest BCUT2D eigenvalue weighted by Crippen LogP contribution is -2.28. The average Bonchev–Trinajstić information content (AvgIpc) is 2.75. The Hall–Kier alpha value is -1.65. The number of hydrogen-bond donors (Lipinski definition) is 0. The second-order valence-corrected chi connectivity index (χ2v) is 5.09. The molecule has 4 heteroatoms. The highest BCUT2D eigenvalue weighted by molar-refractivity contribution is 5.19. The van der Waals surface area contributed by atoms with Gasteiger partial charge in [0.25, 0.3) is 0 Å². The predicted octanol–water partition coefficient (Wildman–Crippen LogP) is 3.11. The molecule has 0 spiro atoms. The molecule has 4 nitrogen and oxygen atoms in total. The van der Waals surface area contributed by atoms with Crippen LogP contribution < -0.4 is 0 Å². The SMILES string of the molecule is COC[C@H](c1ccccn1)N(C)Cc1cc(C)c(C)o1. The zero-order valence-electron chi connectivity index (χ0n) is 12.6. The van der Waals surface area contributed by atoms with Gasteiger partial charge >= 0.3 is 0 Å². The molecule has 108 valence electrons. The molecule has 20 heavy (non-hydrogen) atoms. The molecule has 2 aromatic rings. The van der Waals surface area contributed by atoms with Crippen molar-refractivity contribution in [2.24, 2.45) is 0 Å². The van der Waals surface area contributed by atoms with Crippen molar-refractivity contribution in [3.05, 3.63) is 53.2 Å². The van der Waals surface area contributed by atoms with Crippen molar-refractivity contribution in [3.63, 3.8) is 0 Å². The average molecular weight is 274 g/mol. The Bertz CT molecular complexity index is 517. The van der Waals surface area contributed by atoms with Crippen molar-refractivity contribution in [2.45, 2.75) is 26.4 Å². The van der Waals surface area contributed by atoms with E-state index >= 15 is 0 Å². The van der Waals surface area contributed by atoms with Gasteiger partial charge in [-0.1, -0.05) is 6.07 Å². The lowest BCUT2D eigenvalue weighted by Gasteiger charge is -2.26. The molecule has 0 amide bonds. The van der Waals surface area contributed by atoms with Crippen molar-refractivity contribution in [1.29, 1.82) is 0 Å². The molecule has 0 radical (unpaired) electrons. The van der Waals surface area contributed by atoms with E-state index in [0.717, 1.165) is 23.8 Å². The van der Waals surface area contributed by atoms with E-state index in [4.69, 9.17) is 9.15 Å². The molecule has 0 aliphatic rings. The topological polar surface area (TPSA) is 38.5 Å². The number of pyridine rings is 1. The highest BCUT2D eigenvalue weighted by Crippen LogP contribution is 2.21. The largest absolute Gasteiger partial charge is 0.465 e. The van der Waals surface area contributed by atoms with Crippen LogP contribution in [0.2, 0.25) is 0 Å². The Morgan fingerprint density at radius 1 is 1.35 bits per heavy atom. The van der Waals surface area contributed by atoms with Crippen LogP contribution in [-0.2, 0) is 11.3 Å². The maximum Gasteiger partial charge on any atom is 0.118 e. The van der Waals surface area contributed by atoms with Crippen LogP contribution in [0.15, 0.2) is 34.9 Å². The molecule has 2 rings (SSSR count). The molecule has 2 heterocycles. The van der Waals surface area contributed by atoms with E-state index in [9.17, 15) is 0 Å². The molecule has 1 atom stereocenters. The van der Waals surface area contributed by atoms with E-state index < -0.39 is 0 Å². The molecule has 0 fully saturated rings. The summed E-state index contributed by atoms with van der Waals surface area (Å²) < 4.78 is 11.1. The lowest BCUT2D eigenvalue weighted by molar-refractivity contribution is 0.0957. The number of methoxy groups -OCH3 is 1. The number of ether oxygens (including phenoxy) is 1. The third-order valence-electron chi connectivity index (χ3n) is 3.51. The number of furan rings is 1.